The van der Waals surface area contributed by atoms with Crippen LogP contribution in [0.25, 0.3) is 0 Å². The van der Waals surface area contributed by atoms with Gasteiger partial charge in [0.25, 0.3) is 0 Å². The molecule has 1 radical (unpaired) electrons. The predicted molar refractivity (Wildman–Crippen MR) is 47.4 cm³/mol. The van der Waals surface area contributed by atoms with E-state index in [0.29, 0.717) is 0 Å². The minimum Gasteiger partial charge on any atom is -0.0622 e. The minimum absolute atomic E-state index is 0. The van der Waals surface area contributed by atoms with Crippen molar-refractivity contribution in [2.45, 2.75) is 19.8 Å². The normalized spacial score (nSPS) is 26.1. The smallest absolute Gasteiger partial charge is 0 e. The largest absolute Gasteiger partial charge is 0.0622 e. The predicted octanol–water partition coefficient (Wildman–Crippen LogP) is 2.88. The second kappa shape index (κ2) is 4.16. The van der Waals surface area contributed by atoms with Crippen molar-refractivity contribution < 1.29 is 18.6 Å². The van der Waals surface area contributed by atoms with E-state index in [0.717, 1.165) is 11.8 Å². The molecule has 0 nitrogen and oxygen atoms in total. The van der Waals surface area contributed by atoms with Gasteiger partial charge in [-0.1, -0.05) is 37.3 Å². The molecule has 63 valence electrons. The SMILES string of the molecule is CC1CC1Cc1ccccc1.[V]. The van der Waals surface area contributed by atoms with E-state index < -0.39 is 0 Å². The van der Waals surface area contributed by atoms with Crippen LogP contribution in [-0.2, 0) is 25.0 Å². The van der Waals surface area contributed by atoms with E-state index in [-0.39, 0.29) is 18.6 Å². The average Bonchev–Trinajstić information content (AvgIpc) is 2.69. The summed E-state index contributed by atoms with van der Waals surface area (Å²) in [6.07, 6.45) is 2.73. The zero-order chi connectivity index (χ0) is 7.68. The third-order valence-electron chi connectivity index (χ3n) is 2.62. The molecule has 2 unspecified atom stereocenters. The van der Waals surface area contributed by atoms with Crippen LogP contribution in [-0.4, -0.2) is 0 Å². The molecular weight excluding hydrogens is 183 g/mol. The molecule has 1 fully saturated rings. The Morgan fingerprint density at radius 3 is 2.33 bits per heavy atom. The van der Waals surface area contributed by atoms with Gasteiger partial charge in [0.2, 0.25) is 0 Å². The molecule has 0 bridgehead atoms. The molecule has 0 saturated heterocycles. The van der Waals surface area contributed by atoms with E-state index in [1.807, 2.05) is 0 Å². The molecule has 0 N–H and O–H groups in total. The van der Waals surface area contributed by atoms with Gasteiger partial charge in [-0.05, 0) is 30.2 Å². The van der Waals surface area contributed by atoms with Gasteiger partial charge in [-0.15, -0.1) is 0 Å². The molecule has 0 amide bonds. The first-order valence-corrected chi connectivity index (χ1v) is 4.40. The molecule has 0 heterocycles. The summed E-state index contributed by atoms with van der Waals surface area (Å²) in [6, 6.07) is 10.8. The fraction of sp³-hybridized carbons (Fsp3) is 0.455. The molecule has 1 saturated carbocycles. The standard InChI is InChI=1S/C11H14.V/c1-9-7-11(9)8-10-5-3-2-4-6-10;/h2-6,9,11H,7-8H2,1H3;. The van der Waals surface area contributed by atoms with Gasteiger partial charge in [0.1, 0.15) is 0 Å². The van der Waals surface area contributed by atoms with Gasteiger partial charge in [-0.25, -0.2) is 0 Å². The Labute approximate surface area is 86.3 Å². The van der Waals surface area contributed by atoms with Gasteiger partial charge in [0.15, 0.2) is 0 Å². The number of hydrogen-bond acceptors (Lipinski definition) is 0. The van der Waals surface area contributed by atoms with Crippen LogP contribution in [0.3, 0.4) is 0 Å². The van der Waals surface area contributed by atoms with Gasteiger partial charge in [-0.3, -0.25) is 0 Å². The Morgan fingerprint density at radius 2 is 1.83 bits per heavy atom. The fourth-order valence-corrected chi connectivity index (χ4v) is 1.60. The number of rotatable bonds is 2. The van der Waals surface area contributed by atoms with Crippen molar-refractivity contribution in [1.82, 2.24) is 0 Å². The topological polar surface area (TPSA) is 0 Å². The molecule has 1 aromatic rings. The Kier molecular flexibility index (Phi) is 3.43. The molecule has 2 atom stereocenters. The van der Waals surface area contributed by atoms with Crippen LogP contribution in [0.4, 0.5) is 0 Å². The van der Waals surface area contributed by atoms with E-state index in [1.165, 1.54) is 18.4 Å². The molecule has 0 spiro atoms. The van der Waals surface area contributed by atoms with Gasteiger partial charge < -0.3 is 0 Å². The van der Waals surface area contributed by atoms with E-state index in [1.54, 1.807) is 0 Å². The van der Waals surface area contributed by atoms with Crippen molar-refractivity contribution in [1.29, 1.82) is 0 Å². The fourth-order valence-electron chi connectivity index (χ4n) is 1.60. The van der Waals surface area contributed by atoms with Crippen LogP contribution in [0.15, 0.2) is 30.3 Å². The van der Waals surface area contributed by atoms with Crippen LogP contribution < -0.4 is 0 Å². The Bertz CT molecular complexity index is 230. The quantitative estimate of drug-likeness (QED) is 0.683. The van der Waals surface area contributed by atoms with Crippen molar-refractivity contribution in [3.63, 3.8) is 0 Å². The third-order valence-corrected chi connectivity index (χ3v) is 2.62. The summed E-state index contributed by atoms with van der Waals surface area (Å²) in [5.74, 6) is 1.97. The summed E-state index contributed by atoms with van der Waals surface area (Å²) >= 11 is 0. The van der Waals surface area contributed by atoms with Crippen LogP contribution in [0.1, 0.15) is 18.9 Å². The second-order valence-electron chi connectivity index (χ2n) is 3.66. The van der Waals surface area contributed by atoms with Crippen molar-refractivity contribution in [2.24, 2.45) is 11.8 Å². The van der Waals surface area contributed by atoms with Crippen LogP contribution in [0.2, 0.25) is 0 Å². The van der Waals surface area contributed by atoms with E-state index in [4.69, 9.17) is 0 Å². The average molecular weight is 197 g/mol. The first kappa shape index (κ1) is 9.89. The zero-order valence-electron chi connectivity index (χ0n) is 7.40. The maximum atomic E-state index is 2.34. The maximum absolute atomic E-state index is 2.34. The molecule has 0 aliphatic heterocycles. The molecule has 0 aromatic heterocycles. The summed E-state index contributed by atoms with van der Waals surface area (Å²) in [5, 5.41) is 0. The van der Waals surface area contributed by atoms with Crippen molar-refractivity contribution in [3.8, 4) is 0 Å². The molecule has 1 aliphatic rings. The van der Waals surface area contributed by atoms with Gasteiger partial charge >= 0.3 is 0 Å². The van der Waals surface area contributed by atoms with Crippen LogP contribution in [0.5, 0.6) is 0 Å². The monoisotopic (exact) mass is 197 g/mol. The maximum Gasteiger partial charge on any atom is 0 e. The summed E-state index contributed by atoms with van der Waals surface area (Å²) < 4.78 is 0. The summed E-state index contributed by atoms with van der Waals surface area (Å²) in [4.78, 5) is 0. The second-order valence-corrected chi connectivity index (χ2v) is 3.66. The first-order valence-electron chi connectivity index (χ1n) is 4.40. The Morgan fingerprint density at radius 1 is 1.25 bits per heavy atom. The first-order chi connectivity index (χ1) is 5.36. The molecular formula is C11H14V. The van der Waals surface area contributed by atoms with Crippen molar-refractivity contribution >= 4 is 0 Å². The number of benzene rings is 1. The molecule has 2 rings (SSSR count). The molecule has 1 aromatic carbocycles. The number of hydrogen-bond donors (Lipinski definition) is 0. The van der Waals surface area contributed by atoms with Gasteiger partial charge in [-0.2, -0.15) is 0 Å². The third kappa shape index (κ3) is 2.40. The van der Waals surface area contributed by atoms with Crippen LogP contribution >= 0.6 is 0 Å². The van der Waals surface area contributed by atoms with E-state index >= 15 is 0 Å². The Hall–Kier alpha value is -0.196. The molecule has 12 heavy (non-hydrogen) atoms. The van der Waals surface area contributed by atoms with Crippen LogP contribution in [0, 0.1) is 11.8 Å². The zero-order valence-corrected chi connectivity index (χ0v) is 8.80. The van der Waals surface area contributed by atoms with Gasteiger partial charge in [0, 0.05) is 18.6 Å². The molecule has 1 heteroatoms. The minimum atomic E-state index is 0. The summed E-state index contributed by atoms with van der Waals surface area (Å²) in [6.45, 7) is 2.34. The molecule has 1 aliphatic carbocycles. The van der Waals surface area contributed by atoms with Crippen molar-refractivity contribution in [3.05, 3.63) is 35.9 Å². The summed E-state index contributed by atoms with van der Waals surface area (Å²) in [5.41, 5.74) is 1.50. The Balaban J connectivity index is 0.000000720. The van der Waals surface area contributed by atoms with Gasteiger partial charge in [0.05, 0.1) is 0 Å². The van der Waals surface area contributed by atoms with Crippen molar-refractivity contribution in [2.75, 3.05) is 0 Å². The van der Waals surface area contributed by atoms with E-state index in [9.17, 15) is 0 Å². The van der Waals surface area contributed by atoms with E-state index in [2.05, 4.69) is 37.3 Å². The summed E-state index contributed by atoms with van der Waals surface area (Å²) in [7, 11) is 0.